The van der Waals surface area contributed by atoms with Gasteiger partial charge in [-0.25, -0.2) is 0 Å². The quantitative estimate of drug-likeness (QED) is 0.757. The Hall–Kier alpha value is -0.930. The zero-order valence-corrected chi connectivity index (χ0v) is 9.14. The summed E-state index contributed by atoms with van der Waals surface area (Å²) in [7, 11) is 0. The zero-order valence-electron chi connectivity index (χ0n) is 8.38. The number of anilines is 1. The van der Waals surface area contributed by atoms with E-state index < -0.39 is 0 Å². The molecule has 0 aromatic heterocycles. The lowest BCUT2D eigenvalue weighted by Crippen LogP contribution is -2.38. The Labute approximate surface area is 89.3 Å². The van der Waals surface area contributed by atoms with E-state index in [4.69, 9.17) is 22.2 Å². The van der Waals surface area contributed by atoms with Crippen LogP contribution < -0.4 is 15.3 Å². The van der Waals surface area contributed by atoms with Gasteiger partial charge in [-0.05, 0) is 38.1 Å². The van der Waals surface area contributed by atoms with Crippen LogP contribution in [0.15, 0.2) is 24.3 Å². The molecule has 0 atom stereocenters. The van der Waals surface area contributed by atoms with Crippen LogP contribution in [0.25, 0.3) is 0 Å². The van der Waals surface area contributed by atoms with E-state index >= 15 is 0 Å². The second-order valence-electron chi connectivity index (χ2n) is 3.90. The molecular formula is C10H15ClN2O. The first-order chi connectivity index (χ1) is 6.51. The van der Waals surface area contributed by atoms with Gasteiger partial charge in [-0.3, -0.25) is 4.84 Å². The summed E-state index contributed by atoms with van der Waals surface area (Å²) in [5, 5.41) is 0. The van der Waals surface area contributed by atoms with Gasteiger partial charge in [0.2, 0.25) is 0 Å². The first-order valence-corrected chi connectivity index (χ1v) is 4.77. The maximum atomic E-state index is 5.78. The van der Waals surface area contributed by atoms with Crippen LogP contribution in [0.2, 0.25) is 0 Å². The van der Waals surface area contributed by atoms with Crippen LogP contribution >= 0.6 is 11.8 Å². The fraction of sp³-hybridized carbons (Fsp3) is 0.400. The fourth-order valence-electron chi connectivity index (χ4n) is 0.883. The molecule has 3 N–H and O–H groups in total. The molecule has 78 valence electrons. The Morgan fingerprint density at radius 2 is 1.93 bits per heavy atom. The molecule has 0 amide bonds. The van der Waals surface area contributed by atoms with Crippen LogP contribution in [0, 0.1) is 0 Å². The maximum Gasteiger partial charge on any atom is 0.119 e. The van der Waals surface area contributed by atoms with E-state index in [0.29, 0.717) is 6.61 Å². The highest BCUT2D eigenvalue weighted by Gasteiger charge is 2.10. The minimum Gasteiger partial charge on any atom is -0.492 e. The highest BCUT2D eigenvalue weighted by molar-refractivity contribution is 6.23. The number of hydrogen-bond donors (Lipinski definition) is 2. The van der Waals surface area contributed by atoms with Crippen LogP contribution in [0.4, 0.5) is 5.69 Å². The van der Waals surface area contributed by atoms with E-state index in [9.17, 15) is 0 Å². The van der Waals surface area contributed by atoms with E-state index in [1.165, 1.54) is 0 Å². The molecule has 1 rings (SSSR count). The van der Waals surface area contributed by atoms with Gasteiger partial charge in [0.1, 0.15) is 12.4 Å². The molecule has 0 radical (unpaired) electrons. The number of halogens is 1. The van der Waals surface area contributed by atoms with Gasteiger partial charge in [-0.1, -0.05) is 0 Å². The molecule has 0 aliphatic carbocycles. The third-order valence-corrected chi connectivity index (χ3v) is 1.79. The van der Waals surface area contributed by atoms with Crippen molar-refractivity contribution in [3.8, 4) is 5.75 Å². The first-order valence-electron chi connectivity index (χ1n) is 4.40. The van der Waals surface area contributed by atoms with E-state index in [0.717, 1.165) is 11.4 Å². The molecule has 1 aromatic rings. The van der Waals surface area contributed by atoms with Gasteiger partial charge in [0.25, 0.3) is 0 Å². The van der Waals surface area contributed by atoms with Gasteiger partial charge in [0, 0.05) is 23.0 Å². The van der Waals surface area contributed by atoms with Gasteiger partial charge in [0.15, 0.2) is 0 Å². The highest BCUT2D eigenvalue weighted by Crippen LogP contribution is 2.16. The van der Waals surface area contributed by atoms with E-state index in [-0.39, 0.29) is 5.54 Å². The molecule has 0 saturated carbocycles. The van der Waals surface area contributed by atoms with Crippen molar-refractivity contribution in [2.24, 2.45) is 5.73 Å². The summed E-state index contributed by atoms with van der Waals surface area (Å²) in [5.41, 5.74) is 6.30. The van der Waals surface area contributed by atoms with Crippen molar-refractivity contribution in [3.05, 3.63) is 24.3 Å². The number of nitrogens with two attached hydrogens (primary N) is 1. The average Bonchev–Trinajstić information content (AvgIpc) is 2.14. The maximum absolute atomic E-state index is 5.78. The summed E-state index contributed by atoms with van der Waals surface area (Å²) in [5.74, 6) is 0.791. The normalized spacial score (nSPS) is 11.1. The summed E-state index contributed by atoms with van der Waals surface area (Å²) in [6.07, 6.45) is 0. The SMILES string of the molecule is CC(C)(N)COc1ccc(NCl)cc1. The molecule has 0 aliphatic heterocycles. The lowest BCUT2D eigenvalue weighted by Gasteiger charge is -2.18. The molecule has 0 bridgehead atoms. The zero-order chi connectivity index (χ0) is 10.6. The van der Waals surface area contributed by atoms with Gasteiger partial charge in [-0.15, -0.1) is 0 Å². The molecule has 0 spiro atoms. The first kappa shape index (κ1) is 11.1. The number of ether oxygens (including phenoxy) is 1. The van der Waals surface area contributed by atoms with Crippen molar-refractivity contribution >= 4 is 17.5 Å². The summed E-state index contributed by atoms with van der Waals surface area (Å²) in [4.78, 5) is 2.52. The van der Waals surface area contributed by atoms with Crippen molar-refractivity contribution < 1.29 is 4.74 Å². The van der Waals surface area contributed by atoms with Crippen molar-refractivity contribution in [2.75, 3.05) is 11.4 Å². The Morgan fingerprint density at radius 3 is 2.36 bits per heavy atom. The fourth-order valence-corrected chi connectivity index (χ4v) is 1.01. The lowest BCUT2D eigenvalue weighted by atomic mass is 10.1. The van der Waals surface area contributed by atoms with E-state index in [1.807, 2.05) is 38.1 Å². The largest absolute Gasteiger partial charge is 0.492 e. The molecule has 3 nitrogen and oxygen atoms in total. The van der Waals surface area contributed by atoms with Gasteiger partial charge in [0.05, 0.1) is 0 Å². The Morgan fingerprint density at radius 1 is 1.36 bits per heavy atom. The van der Waals surface area contributed by atoms with Gasteiger partial charge >= 0.3 is 0 Å². The van der Waals surface area contributed by atoms with E-state index in [2.05, 4.69) is 4.84 Å². The van der Waals surface area contributed by atoms with Gasteiger partial charge in [-0.2, -0.15) is 0 Å². The summed E-state index contributed by atoms with van der Waals surface area (Å²) >= 11 is 5.42. The number of hydrogen-bond acceptors (Lipinski definition) is 3. The van der Waals surface area contributed by atoms with Crippen LogP contribution in [-0.4, -0.2) is 12.1 Å². The van der Waals surface area contributed by atoms with Crippen molar-refractivity contribution in [2.45, 2.75) is 19.4 Å². The highest BCUT2D eigenvalue weighted by atomic mass is 35.5. The monoisotopic (exact) mass is 214 g/mol. The molecule has 0 unspecified atom stereocenters. The summed E-state index contributed by atoms with van der Waals surface area (Å²) in [6.45, 7) is 4.32. The summed E-state index contributed by atoms with van der Waals surface area (Å²) in [6, 6.07) is 7.37. The minimum atomic E-state index is -0.316. The van der Waals surface area contributed by atoms with E-state index in [1.54, 1.807) is 0 Å². The Kier molecular flexibility index (Phi) is 3.61. The lowest BCUT2D eigenvalue weighted by molar-refractivity contribution is 0.243. The molecular weight excluding hydrogens is 200 g/mol. The average molecular weight is 215 g/mol. The van der Waals surface area contributed by atoms with Gasteiger partial charge < -0.3 is 10.5 Å². The third-order valence-electron chi connectivity index (χ3n) is 1.57. The van der Waals surface area contributed by atoms with Crippen molar-refractivity contribution in [3.63, 3.8) is 0 Å². The molecule has 0 aliphatic rings. The van der Waals surface area contributed by atoms with Crippen LogP contribution in [0.1, 0.15) is 13.8 Å². The molecule has 14 heavy (non-hydrogen) atoms. The van der Waals surface area contributed by atoms with Crippen LogP contribution in [0.5, 0.6) is 5.75 Å². The number of rotatable bonds is 4. The molecule has 0 heterocycles. The Balaban J connectivity index is 2.52. The summed E-state index contributed by atoms with van der Waals surface area (Å²) < 4.78 is 5.47. The van der Waals surface area contributed by atoms with Crippen LogP contribution in [0.3, 0.4) is 0 Å². The third kappa shape index (κ3) is 3.85. The van der Waals surface area contributed by atoms with Crippen LogP contribution in [-0.2, 0) is 0 Å². The second kappa shape index (κ2) is 4.53. The number of nitrogens with one attached hydrogen (secondary N) is 1. The Bertz CT molecular complexity index is 279. The smallest absolute Gasteiger partial charge is 0.119 e. The molecule has 1 aromatic carbocycles. The van der Waals surface area contributed by atoms with Crippen molar-refractivity contribution in [1.29, 1.82) is 0 Å². The van der Waals surface area contributed by atoms with Crippen molar-refractivity contribution in [1.82, 2.24) is 0 Å². The predicted molar refractivity (Wildman–Crippen MR) is 59.7 cm³/mol. The minimum absolute atomic E-state index is 0.316. The molecule has 0 fully saturated rings. The second-order valence-corrected chi connectivity index (χ2v) is 4.09. The molecule has 0 saturated heterocycles. The molecule has 4 heteroatoms. The standard InChI is InChI=1S/C10H15ClN2O/c1-10(2,12)7-14-9-5-3-8(13-11)4-6-9/h3-6,13H,7,12H2,1-2H3. The topological polar surface area (TPSA) is 47.3 Å². The predicted octanol–water partition coefficient (Wildman–Crippen LogP) is 2.37. The number of benzene rings is 1.